The summed E-state index contributed by atoms with van der Waals surface area (Å²) in [7, 11) is 0. The molecule has 0 spiro atoms. The average molecular weight is 629 g/mol. The number of nitrogens with two attached hydrogens (primary N) is 1. The highest BCUT2D eigenvalue weighted by Crippen LogP contribution is 2.77. The molecule has 0 bridgehead atoms. The van der Waals surface area contributed by atoms with Crippen LogP contribution in [0, 0.1) is 56.2 Å². The van der Waals surface area contributed by atoms with Crippen LogP contribution in [0.5, 0.6) is 0 Å². The van der Waals surface area contributed by atoms with Gasteiger partial charge in [-0.3, -0.25) is 14.4 Å². The third-order valence-corrected chi connectivity index (χ3v) is 15.4. The molecule has 7 heteroatoms. The van der Waals surface area contributed by atoms with E-state index in [2.05, 4.69) is 39.9 Å². The van der Waals surface area contributed by atoms with Gasteiger partial charge in [-0.15, -0.1) is 0 Å². The minimum Gasteiger partial charge on any atom is -0.481 e. The Morgan fingerprint density at radius 1 is 0.822 bits per heavy atom. The highest BCUT2D eigenvalue weighted by Gasteiger charge is 2.70. The highest BCUT2D eigenvalue weighted by atomic mass is 16.5. The Bertz CT molecular complexity index is 1190. The number of carboxylic acid groups (broad SMARTS) is 1. The molecular formula is C38H64N2O5. The van der Waals surface area contributed by atoms with Crippen LogP contribution in [0.3, 0.4) is 0 Å². The summed E-state index contributed by atoms with van der Waals surface area (Å²) in [6.45, 7) is 20.1. The molecule has 1 amide bonds. The molecule has 0 heterocycles. The van der Waals surface area contributed by atoms with Gasteiger partial charge in [-0.25, -0.2) is 0 Å². The van der Waals surface area contributed by atoms with Crippen molar-refractivity contribution in [3.05, 3.63) is 0 Å². The molecule has 45 heavy (non-hydrogen) atoms. The molecule has 0 saturated heterocycles. The third kappa shape index (κ3) is 5.47. The molecule has 0 aliphatic heterocycles. The van der Waals surface area contributed by atoms with Gasteiger partial charge >= 0.3 is 11.9 Å². The van der Waals surface area contributed by atoms with E-state index in [9.17, 15) is 19.5 Å². The number of fused-ring (bicyclic) bond motifs is 7. The Balaban J connectivity index is 1.35. The van der Waals surface area contributed by atoms with Gasteiger partial charge in [0.05, 0.1) is 11.8 Å². The Morgan fingerprint density at radius 2 is 1.51 bits per heavy atom. The SMILES string of the molecule is CC(C)(CN)NC(=O)C[C@]12CCC[C@@H]1[C@H]1CCC3[C@@]4(C)CC[C@H](OC(=O)CC(C)(C)C(=O)O)C(C)(C)C4CC[C@@]3(C)[C@]1(C)CC2. The molecule has 0 aromatic heterocycles. The van der Waals surface area contributed by atoms with Crippen molar-refractivity contribution in [2.75, 3.05) is 6.54 Å². The Hall–Kier alpha value is -1.63. The first-order chi connectivity index (χ1) is 20.7. The highest BCUT2D eigenvalue weighted by molar-refractivity contribution is 5.81. The first-order valence-electron chi connectivity index (χ1n) is 18.1. The zero-order chi connectivity index (χ0) is 33.4. The van der Waals surface area contributed by atoms with E-state index in [-0.39, 0.29) is 57.0 Å². The quantitative estimate of drug-likeness (QED) is 0.240. The number of hydrogen-bond donors (Lipinski definition) is 3. The molecule has 2 unspecified atom stereocenters. The maximum atomic E-state index is 13.4. The second-order valence-electron chi connectivity index (χ2n) is 19.0. The molecule has 9 atom stereocenters. The molecule has 5 aliphatic carbocycles. The number of nitrogens with one attached hydrogen (secondary N) is 1. The van der Waals surface area contributed by atoms with Crippen molar-refractivity contribution in [3.63, 3.8) is 0 Å². The minimum atomic E-state index is -1.13. The zero-order valence-electron chi connectivity index (χ0n) is 29.9. The lowest BCUT2D eigenvalue weighted by Gasteiger charge is -2.72. The topological polar surface area (TPSA) is 119 Å². The van der Waals surface area contributed by atoms with Crippen LogP contribution in [0.15, 0.2) is 0 Å². The first-order valence-corrected chi connectivity index (χ1v) is 18.1. The van der Waals surface area contributed by atoms with Crippen LogP contribution in [0.2, 0.25) is 0 Å². The summed E-state index contributed by atoms with van der Waals surface area (Å²) < 4.78 is 6.14. The predicted molar refractivity (Wildman–Crippen MR) is 177 cm³/mol. The average Bonchev–Trinajstić information content (AvgIpc) is 3.33. The first kappa shape index (κ1) is 34.7. The lowest BCUT2D eigenvalue weighted by molar-refractivity contribution is -0.248. The predicted octanol–water partition coefficient (Wildman–Crippen LogP) is 7.50. The monoisotopic (exact) mass is 628 g/mol. The van der Waals surface area contributed by atoms with E-state index in [0.717, 1.165) is 25.7 Å². The van der Waals surface area contributed by atoms with E-state index in [1.54, 1.807) is 13.8 Å². The van der Waals surface area contributed by atoms with Crippen LogP contribution in [0.1, 0.15) is 146 Å². The van der Waals surface area contributed by atoms with Gasteiger partial charge in [0.1, 0.15) is 6.10 Å². The van der Waals surface area contributed by atoms with Crippen molar-refractivity contribution in [2.45, 2.75) is 157 Å². The standard InChI is InChI=1S/C38H64N2O5/c1-32(2,31(43)44)22-30(42)45-28-15-17-35(7)26(34(28,5)6)14-18-37(9)27(35)13-12-24-25-11-10-16-38(25,20-19-36(24,37)8)21-29(41)40-33(3,4)23-39/h24-28H,10-23,39H2,1-9H3,(H,40,41)(H,43,44)/t24-,25-,26?,27?,28+,35+,36-,37-,38-/m1/s1. The van der Waals surface area contributed by atoms with E-state index in [0.29, 0.717) is 36.6 Å². The Morgan fingerprint density at radius 3 is 2.16 bits per heavy atom. The summed E-state index contributed by atoms with van der Waals surface area (Å²) in [6.07, 6.45) is 13.1. The maximum absolute atomic E-state index is 13.4. The van der Waals surface area contributed by atoms with Gasteiger partial charge in [0.2, 0.25) is 5.91 Å². The Kier molecular flexibility index (Phi) is 8.66. The van der Waals surface area contributed by atoms with Crippen LogP contribution in [0.25, 0.3) is 0 Å². The summed E-state index contributed by atoms with van der Waals surface area (Å²) in [5.74, 6) is 1.17. The maximum Gasteiger partial charge on any atom is 0.309 e. The van der Waals surface area contributed by atoms with Crippen LogP contribution < -0.4 is 11.1 Å². The number of amides is 1. The second kappa shape index (κ2) is 11.2. The molecule has 0 aromatic carbocycles. The molecule has 5 rings (SSSR count). The van der Waals surface area contributed by atoms with Crippen molar-refractivity contribution in [1.29, 1.82) is 0 Å². The molecule has 0 aromatic rings. The summed E-state index contributed by atoms with van der Waals surface area (Å²) in [5, 5.41) is 12.8. The van der Waals surface area contributed by atoms with Gasteiger partial charge in [0.25, 0.3) is 0 Å². The zero-order valence-corrected chi connectivity index (χ0v) is 29.9. The largest absolute Gasteiger partial charge is 0.481 e. The van der Waals surface area contributed by atoms with Gasteiger partial charge in [0.15, 0.2) is 0 Å². The molecule has 5 saturated carbocycles. The second-order valence-corrected chi connectivity index (χ2v) is 19.0. The summed E-state index contributed by atoms with van der Waals surface area (Å²) >= 11 is 0. The normalized spacial score (nSPS) is 42.4. The number of rotatable bonds is 8. The Labute approximate surface area is 272 Å². The van der Waals surface area contributed by atoms with Gasteiger partial charge in [-0.05, 0) is 137 Å². The van der Waals surface area contributed by atoms with E-state index in [4.69, 9.17) is 10.5 Å². The van der Waals surface area contributed by atoms with E-state index in [1.165, 1.54) is 44.9 Å². The molecule has 5 fully saturated rings. The number of hydrogen-bond acceptors (Lipinski definition) is 5. The van der Waals surface area contributed by atoms with Crippen molar-refractivity contribution in [3.8, 4) is 0 Å². The van der Waals surface area contributed by atoms with Crippen molar-refractivity contribution >= 4 is 17.8 Å². The van der Waals surface area contributed by atoms with Crippen molar-refractivity contribution < 1.29 is 24.2 Å². The number of carbonyl (C=O) groups excluding carboxylic acids is 2. The molecule has 7 nitrogen and oxygen atoms in total. The number of ether oxygens (including phenoxy) is 1. The minimum absolute atomic E-state index is 0.105. The van der Waals surface area contributed by atoms with Gasteiger partial charge < -0.3 is 20.9 Å². The summed E-state index contributed by atoms with van der Waals surface area (Å²) in [4.78, 5) is 38.0. The summed E-state index contributed by atoms with van der Waals surface area (Å²) in [5.41, 5.74) is 5.07. The lowest BCUT2D eigenvalue weighted by atomic mass is 9.32. The molecule has 5 aliphatic rings. The number of esters is 1. The smallest absolute Gasteiger partial charge is 0.309 e. The molecule has 0 radical (unpaired) electrons. The van der Waals surface area contributed by atoms with Crippen LogP contribution >= 0.6 is 0 Å². The van der Waals surface area contributed by atoms with Crippen LogP contribution in [-0.2, 0) is 19.1 Å². The van der Waals surface area contributed by atoms with Crippen LogP contribution in [-0.4, -0.2) is 41.1 Å². The van der Waals surface area contributed by atoms with E-state index < -0.39 is 11.4 Å². The van der Waals surface area contributed by atoms with Crippen molar-refractivity contribution in [2.24, 2.45) is 61.9 Å². The number of aliphatic carboxylic acids is 1. The van der Waals surface area contributed by atoms with Crippen LogP contribution in [0.4, 0.5) is 0 Å². The van der Waals surface area contributed by atoms with E-state index in [1.807, 2.05) is 13.8 Å². The molecule has 256 valence electrons. The van der Waals surface area contributed by atoms with Gasteiger partial charge in [-0.2, -0.15) is 0 Å². The summed E-state index contributed by atoms with van der Waals surface area (Å²) in [6, 6.07) is 0. The fraction of sp³-hybridized carbons (Fsp3) is 0.921. The molecule has 4 N–H and O–H groups in total. The van der Waals surface area contributed by atoms with Gasteiger partial charge in [-0.1, -0.05) is 41.0 Å². The third-order valence-electron chi connectivity index (χ3n) is 15.4. The molecular weight excluding hydrogens is 564 g/mol. The fourth-order valence-corrected chi connectivity index (χ4v) is 12.6. The lowest BCUT2D eigenvalue weighted by Crippen LogP contribution is -2.66. The number of carbonyl (C=O) groups is 3. The fourth-order valence-electron chi connectivity index (χ4n) is 12.6. The van der Waals surface area contributed by atoms with Crippen molar-refractivity contribution in [1.82, 2.24) is 5.32 Å². The van der Waals surface area contributed by atoms with Gasteiger partial charge in [0, 0.05) is 23.9 Å². The number of carboxylic acids is 1. The van der Waals surface area contributed by atoms with E-state index >= 15 is 0 Å².